The summed E-state index contributed by atoms with van der Waals surface area (Å²) in [4.78, 5) is 25.6. The van der Waals surface area contributed by atoms with Crippen LogP contribution in [0.15, 0.2) is 6.07 Å². The van der Waals surface area contributed by atoms with Gasteiger partial charge < -0.3 is 16.0 Å². The summed E-state index contributed by atoms with van der Waals surface area (Å²) in [6.45, 7) is 3.12. The van der Waals surface area contributed by atoms with Crippen LogP contribution in [0, 0.1) is 6.92 Å². The zero-order valence-corrected chi connectivity index (χ0v) is 16.2. The number of nitrogens with zero attached hydrogens (tertiary/aromatic N) is 2. The van der Waals surface area contributed by atoms with Crippen LogP contribution in [-0.2, 0) is 4.79 Å². The molecule has 1 aliphatic rings. The molecule has 0 spiro atoms. The number of thiophene rings is 1. The minimum atomic E-state index is -0.0938. The predicted octanol–water partition coefficient (Wildman–Crippen LogP) is 1.98. The van der Waals surface area contributed by atoms with Crippen molar-refractivity contribution in [3.63, 3.8) is 0 Å². The highest BCUT2D eigenvalue weighted by molar-refractivity contribution is 7.20. The van der Waals surface area contributed by atoms with Gasteiger partial charge in [0.15, 0.2) is 0 Å². The first-order valence-corrected chi connectivity index (χ1v) is 10.1. The molecule has 0 atom stereocenters. The van der Waals surface area contributed by atoms with Gasteiger partial charge in [-0.1, -0.05) is 19.3 Å². The molecule has 26 heavy (non-hydrogen) atoms. The number of hydrogen-bond donors (Lipinski definition) is 3. The maximum absolute atomic E-state index is 12.4. The van der Waals surface area contributed by atoms with E-state index in [-0.39, 0.29) is 18.4 Å². The zero-order valence-electron chi connectivity index (χ0n) is 15.4. The average Bonchev–Trinajstić information content (AvgIpc) is 3.20. The van der Waals surface area contributed by atoms with Gasteiger partial charge in [-0.25, -0.2) is 0 Å². The molecule has 0 radical (unpaired) electrons. The van der Waals surface area contributed by atoms with E-state index in [1.807, 2.05) is 13.0 Å². The molecular formula is C18H27N5O2S. The first-order chi connectivity index (χ1) is 12.6. The monoisotopic (exact) mass is 377 g/mol. The Morgan fingerprint density at radius 3 is 2.69 bits per heavy atom. The Hall–Kier alpha value is -1.93. The molecule has 0 aromatic carbocycles. The minimum Gasteiger partial charge on any atom is -0.353 e. The lowest BCUT2D eigenvalue weighted by atomic mass is 9.96. The number of aromatic nitrogens is 2. The lowest BCUT2D eigenvalue weighted by Crippen LogP contribution is -2.38. The fourth-order valence-electron chi connectivity index (χ4n) is 3.44. The number of hydrogen-bond acceptors (Lipinski definition) is 5. The predicted molar refractivity (Wildman–Crippen MR) is 104 cm³/mol. The number of nitrogens with one attached hydrogen (secondary N) is 3. The second-order valence-electron chi connectivity index (χ2n) is 6.79. The van der Waals surface area contributed by atoms with Crippen LogP contribution < -0.4 is 16.0 Å². The number of carbonyl (C=O) groups excluding carboxylic acids is 2. The summed E-state index contributed by atoms with van der Waals surface area (Å²) < 4.78 is 2.14. The quantitative estimate of drug-likeness (QED) is 0.644. The molecule has 2 aromatic rings. The molecule has 1 fully saturated rings. The molecule has 1 aliphatic carbocycles. The standard InChI is InChI=1S/C18H27N5O2S/c1-12-14-10-15(17(25)21-9-8-20-16(24)11-19-2)26-18(14)23(22-12)13-6-4-3-5-7-13/h10,13,19H,3-9,11H2,1-2H3,(H,20,24)(H,21,25). The Labute approximate surface area is 157 Å². The SMILES string of the molecule is CNCC(=O)NCCNC(=O)c1cc2c(C)nn(C3CCCCC3)c2s1. The van der Waals surface area contributed by atoms with Gasteiger partial charge in [0.1, 0.15) is 4.83 Å². The first kappa shape index (κ1) is 18.8. The van der Waals surface area contributed by atoms with Crippen LogP contribution in [0.5, 0.6) is 0 Å². The Kier molecular flexibility index (Phi) is 6.26. The van der Waals surface area contributed by atoms with E-state index < -0.39 is 0 Å². The molecule has 1 saturated carbocycles. The van der Waals surface area contributed by atoms with Crippen molar-refractivity contribution in [3.05, 3.63) is 16.6 Å². The topological polar surface area (TPSA) is 88.1 Å². The van der Waals surface area contributed by atoms with Gasteiger partial charge in [-0.3, -0.25) is 14.3 Å². The van der Waals surface area contributed by atoms with E-state index in [4.69, 9.17) is 5.10 Å². The highest BCUT2D eigenvalue weighted by Gasteiger charge is 2.22. The third-order valence-electron chi connectivity index (χ3n) is 4.78. The fraction of sp³-hybridized carbons (Fsp3) is 0.611. The maximum Gasteiger partial charge on any atom is 0.261 e. The average molecular weight is 378 g/mol. The fourth-order valence-corrected chi connectivity index (χ4v) is 4.59. The molecule has 0 bridgehead atoms. The highest BCUT2D eigenvalue weighted by Crippen LogP contribution is 2.35. The third kappa shape index (κ3) is 4.24. The molecule has 2 aromatic heterocycles. The summed E-state index contributed by atoms with van der Waals surface area (Å²) in [5.74, 6) is -0.171. The minimum absolute atomic E-state index is 0.0770. The number of likely N-dealkylation sites (N-methyl/N-ethyl adjacent to an activating group) is 1. The molecule has 0 unspecified atom stereocenters. The number of rotatable bonds is 7. The van der Waals surface area contributed by atoms with Gasteiger partial charge in [-0.2, -0.15) is 5.10 Å². The maximum atomic E-state index is 12.4. The van der Waals surface area contributed by atoms with Crippen molar-refractivity contribution in [3.8, 4) is 0 Å². The van der Waals surface area contributed by atoms with Gasteiger partial charge in [-0.05, 0) is 32.9 Å². The van der Waals surface area contributed by atoms with Gasteiger partial charge >= 0.3 is 0 Å². The summed E-state index contributed by atoms with van der Waals surface area (Å²) in [5.41, 5.74) is 0.986. The van der Waals surface area contributed by atoms with Crippen molar-refractivity contribution in [1.82, 2.24) is 25.7 Å². The third-order valence-corrected chi connectivity index (χ3v) is 5.91. The van der Waals surface area contributed by atoms with E-state index in [0.717, 1.165) is 15.9 Å². The van der Waals surface area contributed by atoms with Crippen LogP contribution in [0.3, 0.4) is 0 Å². The second-order valence-corrected chi connectivity index (χ2v) is 7.82. The Morgan fingerprint density at radius 2 is 1.96 bits per heavy atom. The van der Waals surface area contributed by atoms with Gasteiger partial charge in [0.25, 0.3) is 5.91 Å². The molecule has 7 nitrogen and oxygen atoms in total. The summed E-state index contributed by atoms with van der Waals surface area (Å²) in [5, 5.41) is 14.2. The number of fused-ring (bicyclic) bond motifs is 1. The first-order valence-electron chi connectivity index (χ1n) is 9.28. The Bertz CT molecular complexity index is 776. The van der Waals surface area contributed by atoms with Crippen molar-refractivity contribution >= 4 is 33.4 Å². The van der Waals surface area contributed by atoms with Crippen LogP contribution >= 0.6 is 11.3 Å². The van der Waals surface area contributed by atoms with Crippen LogP contribution in [0.2, 0.25) is 0 Å². The molecule has 3 N–H and O–H groups in total. The molecule has 0 aliphatic heterocycles. The molecule has 3 rings (SSSR count). The molecule has 2 heterocycles. The van der Waals surface area contributed by atoms with E-state index in [9.17, 15) is 9.59 Å². The van der Waals surface area contributed by atoms with Gasteiger partial charge in [0.05, 0.1) is 23.2 Å². The van der Waals surface area contributed by atoms with E-state index in [1.165, 1.54) is 43.4 Å². The van der Waals surface area contributed by atoms with Crippen LogP contribution in [-0.4, -0.2) is 48.3 Å². The summed E-state index contributed by atoms with van der Waals surface area (Å²) in [6.07, 6.45) is 6.15. The van der Waals surface area contributed by atoms with Crippen molar-refractivity contribution in [2.24, 2.45) is 0 Å². The molecule has 8 heteroatoms. The molecule has 0 saturated heterocycles. The second kappa shape index (κ2) is 8.64. The van der Waals surface area contributed by atoms with Crippen molar-refractivity contribution in [1.29, 1.82) is 0 Å². The van der Waals surface area contributed by atoms with Crippen LogP contribution in [0.25, 0.3) is 10.2 Å². The Balaban J connectivity index is 1.63. The molecule has 2 amide bonds. The van der Waals surface area contributed by atoms with Crippen LogP contribution in [0.1, 0.15) is 53.5 Å². The summed E-state index contributed by atoms with van der Waals surface area (Å²) >= 11 is 1.51. The Morgan fingerprint density at radius 1 is 1.23 bits per heavy atom. The van der Waals surface area contributed by atoms with Crippen molar-refractivity contribution in [2.45, 2.75) is 45.1 Å². The van der Waals surface area contributed by atoms with Gasteiger partial charge in [-0.15, -0.1) is 11.3 Å². The van der Waals surface area contributed by atoms with E-state index in [1.54, 1.807) is 7.05 Å². The van der Waals surface area contributed by atoms with Gasteiger partial charge in [0.2, 0.25) is 5.91 Å². The largest absolute Gasteiger partial charge is 0.353 e. The van der Waals surface area contributed by atoms with Crippen LogP contribution in [0.4, 0.5) is 0 Å². The zero-order chi connectivity index (χ0) is 18.5. The highest BCUT2D eigenvalue weighted by atomic mass is 32.1. The van der Waals surface area contributed by atoms with E-state index in [0.29, 0.717) is 24.0 Å². The van der Waals surface area contributed by atoms with Gasteiger partial charge in [0, 0.05) is 18.5 Å². The summed E-state index contributed by atoms with van der Waals surface area (Å²) in [6, 6.07) is 2.40. The lowest BCUT2D eigenvalue weighted by Gasteiger charge is -2.22. The van der Waals surface area contributed by atoms with Crippen molar-refractivity contribution < 1.29 is 9.59 Å². The molecular weight excluding hydrogens is 350 g/mol. The normalized spacial score (nSPS) is 15.3. The smallest absolute Gasteiger partial charge is 0.261 e. The number of amides is 2. The lowest BCUT2D eigenvalue weighted by molar-refractivity contribution is -0.120. The summed E-state index contributed by atoms with van der Waals surface area (Å²) in [7, 11) is 1.72. The molecule has 142 valence electrons. The van der Waals surface area contributed by atoms with E-state index in [2.05, 4.69) is 20.6 Å². The number of carbonyl (C=O) groups is 2. The van der Waals surface area contributed by atoms with E-state index >= 15 is 0 Å². The van der Waals surface area contributed by atoms with Crippen molar-refractivity contribution in [2.75, 3.05) is 26.7 Å². The number of aryl methyl sites for hydroxylation is 1.